The zero-order valence-electron chi connectivity index (χ0n) is 12.0. The highest BCUT2D eigenvalue weighted by atomic mass is 35.5. The van der Waals surface area contributed by atoms with Gasteiger partial charge in [0.15, 0.2) is 5.75 Å². The topological polar surface area (TPSA) is 65.2 Å². The van der Waals surface area contributed by atoms with Gasteiger partial charge in [0, 0.05) is 11.3 Å². The molecular formula is C14H14ClN5O. The van der Waals surface area contributed by atoms with Crippen molar-refractivity contribution in [3.8, 4) is 11.6 Å². The van der Waals surface area contributed by atoms with Crippen molar-refractivity contribution in [1.29, 1.82) is 0 Å². The predicted molar refractivity (Wildman–Crippen MR) is 79.0 cm³/mol. The van der Waals surface area contributed by atoms with E-state index >= 15 is 0 Å². The van der Waals surface area contributed by atoms with E-state index in [2.05, 4.69) is 20.1 Å². The summed E-state index contributed by atoms with van der Waals surface area (Å²) >= 11 is 6.13. The number of hydrogen-bond donors (Lipinski definition) is 0. The van der Waals surface area contributed by atoms with E-state index in [4.69, 9.17) is 16.3 Å². The molecular weight excluding hydrogens is 290 g/mol. The minimum absolute atomic E-state index is 0.351. The van der Waals surface area contributed by atoms with Crippen LogP contribution in [0.15, 0.2) is 18.5 Å². The van der Waals surface area contributed by atoms with Gasteiger partial charge >= 0.3 is 0 Å². The van der Waals surface area contributed by atoms with Crippen LogP contribution < -0.4 is 4.74 Å². The van der Waals surface area contributed by atoms with Crippen LogP contribution in [0.25, 0.3) is 5.78 Å². The molecule has 0 amide bonds. The SMILES string of the molecule is CCc1nc(C)ccc1Oc1c(C)c(Cl)nc2ncnn12. The van der Waals surface area contributed by atoms with Crippen LogP contribution in [-0.2, 0) is 6.42 Å². The Bertz CT molecular complexity index is 814. The highest BCUT2D eigenvalue weighted by molar-refractivity contribution is 6.30. The smallest absolute Gasteiger partial charge is 0.256 e. The van der Waals surface area contributed by atoms with E-state index in [-0.39, 0.29) is 0 Å². The maximum atomic E-state index is 6.13. The third-order valence-corrected chi connectivity index (χ3v) is 3.53. The number of aryl methyl sites for hydroxylation is 2. The molecule has 0 N–H and O–H groups in total. The largest absolute Gasteiger partial charge is 0.437 e. The summed E-state index contributed by atoms with van der Waals surface area (Å²) < 4.78 is 7.54. The molecule has 0 aliphatic rings. The summed E-state index contributed by atoms with van der Waals surface area (Å²) in [6, 6.07) is 3.81. The van der Waals surface area contributed by atoms with Crippen LogP contribution in [0.5, 0.6) is 11.6 Å². The molecule has 0 bridgehead atoms. The van der Waals surface area contributed by atoms with Gasteiger partial charge in [0.2, 0.25) is 5.88 Å². The molecule has 3 rings (SSSR count). The van der Waals surface area contributed by atoms with E-state index in [1.807, 2.05) is 32.9 Å². The van der Waals surface area contributed by atoms with Crippen molar-refractivity contribution >= 4 is 17.4 Å². The number of fused-ring (bicyclic) bond motifs is 1. The fourth-order valence-corrected chi connectivity index (χ4v) is 2.20. The molecule has 3 aromatic heterocycles. The first-order valence-electron chi connectivity index (χ1n) is 6.60. The Balaban J connectivity index is 2.14. The van der Waals surface area contributed by atoms with Gasteiger partial charge < -0.3 is 4.74 Å². The summed E-state index contributed by atoms with van der Waals surface area (Å²) in [6.07, 6.45) is 2.19. The van der Waals surface area contributed by atoms with Crippen molar-refractivity contribution in [1.82, 2.24) is 24.6 Å². The maximum Gasteiger partial charge on any atom is 0.256 e. The fourth-order valence-electron chi connectivity index (χ4n) is 2.04. The van der Waals surface area contributed by atoms with Crippen molar-refractivity contribution in [2.24, 2.45) is 0 Å². The molecule has 0 aliphatic carbocycles. The lowest BCUT2D eigenvalue weighted by Gasteiger charge is -2.13. The van der Waals surface area contributed by atoms with Crippen LogP contribution in [0.3, 0.4) is 0 Å². The lowest BCUT2D eigenvalue weighted by atomic mass is 10.2. The number of halogens is 1. The molecule has 7 heteroatoms. The van der Waals surface area contributed by atoms with Gasteiger partial charge in [-0.15, -0.1) is 0 Å². The van der Waals surface area contributed by atoms with Gasteiger partial charge in [0.25, 0.3) is 5.78 Å². The van der Waals surface area contributed by atoms with Crippen molar-refractivity contribution in [3.63, 3.8) is 0 Å². The summed E-state index contributed by atoms with van der Waals surface area (Å²) in [7, 11) is 0. The monoisotopic (exact) mass is 303 g/mol. The Morgan fingerprint density at radius 1 is 1.24 bits per heavy atom. The molecule has 0 unspecified atom stereocenters. The lowest BCUT2D eigenvalue weighted by molar-refractivity contribution is 0.434. The first-order valence-corrected chi connectivity index (χ1v) is 6.98. The Morgan fingerprint density at radius 2 is 2.05 bits per heavy atom. The van der Waals surface area contributed by atoms with E-state index in [0.29, 0.717) is 28.1 Å². The van der Waals surface area contributed by atoms with Gasteiger partial charge in [-0.1, -0.05) is 18.5 Å². The number of ether oxygens (including phenoxy) is 1. The van der Waals surface area contributed by atoms with Crippen molar-refractivity contribution in [2.75, 3.05) is 0 Å². The number of hydrogen-bond acceptors (Lipinski definition) is 5. The minimum Gasteiger partial charge on any atom is -0.437 e. The number of pyridine rings is 1. The maximum absolute atomic E-state index is 6.13. The summed E-state index contributed by atoms with van der Waals surface area (Å²) in [5, 5.41) is 4.48. The van der Waals surface area contributed by atoms with Crippen LogP contribution in [0.1, 0.15) is 23.9 Å². The predicted octanol–water partition coefficient (Wildman–Crippen LogP) is 3.14. The molecule has 6 nitrogen and oxygen atoms in total. The van der Waals surface area contributed by atoms with E-state index < -0.39 is 0 Å². The van der Waals surface area contributed by atoms with Crippen LogP contribution in [-0.4, -0.2) is 24.6 Å². The third-order valence-electron chi connectivity index (χ3n) is 3.16. The van der Waals surface area contributed by atoms with Crippen LogP contribution in [0.2, 0.25) is 5.15 Å². The first kappa shape index (κ1) is 13.8. The van der Waals surface area contributed by atoms with Gasteiger partial charge in [0.05, 0.1) is 5.69 Å². The Labute approximate surface area is 126 Å². The van der Waals surface area contributed by atoms with E-state index in [0.717, 1.165) is 17.8 Å². The molecule has 0 saturated carbocycles. The van der Waals surface area contributed by atoms with Gasteiger partial charge in [0.1, 0.15) is 11.5 Å². The molecule has 0 radical (unpaired) electrons. The van der Waals surface area contributed by atoms with Gasteiger partial charge in [-0.2, -0.15) is 19.6 Å². The summed E-state index contributed by atoms with van der Waals surface area (Å²) in [4.78, 5) is 12.7. The quantitative estimate of drug-likeness (QED) is 0.695. The van der Waals surface area contributed by atoms with Crippen LogP contribution in [0.4, 0.5) is 0 Å². The molecule has 0 aromatic carbocycles. The summed E-state index contributed by atoms with van der Waals surface area (Å²) in [6.45, 7) is 5.82. The Kier molecular flexibility index (Phi) is 3.47. The minimum atomic E-state index is 0.351. The van der Waals surface area contributed by atoms with Crippen LogP contribution in [0, 0.1) is 13.8 Å². The van der Waals surface area contributed by atoms with E-state index in [1.165, 1.54) is 10.8 Å². The second-order valence-corrected chi connectivity index (χ2v) is 5.02. The molecule has 0 atom stereocenters. The number of rotatable bonds is 3. The van der Waals surface area contributed by atoms with Gasteiger partial charge in [-0.05, 0) is 32.4 Å². The van der Waals surface area contributed by atoms with E-state index in [9.17, 15) is 0 Å². The summed E-state index contributed by atoms with van der Waals surface area (Å²) in [5.74, 6) is 1.59. The molecule has 21 heavy (non-hydrogen) atoms. The molecule has 108 valence electrons. The fraction of sp³-hybridized carbons (Fsp3) is 0.286. The Morgan fingerprint density at radius 3 is 2.81 bits per heavy atom. The number of aromatic nitrogens is 5. The standard InChI is InChI=1S/C14H14ClN5O/c1-4-10-11(6-5-8(2)18-10)21-13-9(3)12(15)19-14-16-7-17-20(13)14/h5-7H,4H2,1-3H3. The van der Waals surface area contributed by atoms with Crippen molar-refractivity contribution < 1.29 is 4.74 Å². The number of nitrogens with zero attached hydrogens (tertiary/aromatic N) is 5. The lowest BCUT2D eigenvalue weighted by Crippen LogP contribution is -2.04. The van der Waals surface area contributed by atoms with Gasteiger partial charge in [-0.3, -0.25) is 4.98 Å². The van der Waals surface area contributed by atoms with E-state index in [1.54, 1.807) is 0 Å². The highest BCUT2D eigenvalue weighted by Gasteiger charge is 2.16. The van der Waals surface area contributed by atoms with Gasteiger partial charge in [-0.25, -0.2) is 0 Å². The van der Waals surface area contributed by atoms with Crippen molar-refractivity contribution in [3.05, 3.63) is 40.6 Å². The summed E-state index contributed by atoms with van der Waals surface area (Å²) in [5.41, 5.74) is 2.54. The third kappa shape index (κ3) is 2.42. The first-order chi connectivity index (χ1) is 10.1. The molecule has 0 saturated heterocycles. The average molecular weight is 304 g/mol. The molecule has 0 aliphatic heterocycles. The normalized spacial score (nSPS) is 11.0. The zero-order chi connectivity index (χ0) is 15.0. The molecule has 0 fully saturated rings. The van der Waals surface area contributed by atoms with Crippen molar-refractivity contribution in [2.45, 2.75) is 27.2 Å². The zero-order valence-corrected chi connectivity index (χ0v) is 12.7. The molecule has 3 heterocycles. The Hall–Kier alpha value is -2.21. The highest BCUT2D eigenvalue weighted by Crippen LogP contribution is 2.30. The second kappa shape index (κ2) is 5.29. The average Bonchev–Trinajstić information content (AvgIpc) is 2.92. The molecule has 3 aromatic rings. The van der Waals surface area contributed by atoms with Crippen LogP contribution >= 0.6 is 11.6 Å². The molecule has 0 spiro atoms. The second-order valence-electron chi connectivity index (χ2n) is 4.66.